The van der Waals surface area contributed by atoms with Gasteiger partial charge in [-0.05, 0) is 70.4 Å². The molecule has 0 unspecified atom stereocenters. The molecule has 10 heteroatoms. The van der Waals surface area contributed by atoms with Crippen molar-refractivity contribution in [3.8, 4) is 11.1 Å². The van der Waals surface area contributed by atoms with Crippen molar-refractivity contribution < 1.29 is 22.7 Å². The first-order valence-electron chi connectivity index (χ1n) is 12.4. The Labute approximate surface area is 231 Å². The second-order valence-electron chi connectivity index (χ2n) is 9.24. The van der Waals surface area contributed by atoms with Crippen LogP contribution in [0.1, 0.15) is 23.0 Å². The largest absolute Gasteiger partial charge is 0.459 e. The lowest BCUT2D eigenvalue weighted by atomic mass is 10.0. The van der Waals surface area contributed by atoms with Crippen LogP contribution in [-0.2, 0) is 26.2 Å². The number of aromatic nitrogens is 1. The van der Waals surface area contributed by atoms with Gasteiger partial charge in [-0.15, -0.1) is 0 Å². The Hall–Kier alpha value is -3.79. The van der Waals surface area contributed by atoms with Crippen molar-refractivity contribution in [2.24, 2.45) is 0 Å². The van der Waals surface area contributed by atoms with Gasteiger partial charge in [-0.2, -0.15) is 4.31 Å². The molecule has 1 fully saturated rings. The highest BCUT2D eigenvalue weighted by atomic mass is 35.5. The van der Waals surface area contributed by atoms with E-state index >= 15 is 0 Å². The van der Waals surface area contributed by atoms with Crippen LogP contribution in [0.4, 0.5) is 0 Å². The molecule has 1 aromatic heterocycles. The lowest BCUT2D eigenvalue weighted by molar-refractivity contribution is -0.142. The number of piperazine rings is 1. The van der Waals surface area contributed by atoms with Crippen molar-refractivity contribution in [2.45, 2.75) is 18.4 Å². The van der Waals surface area contributed by atoms with Gasteiger partial charge in [-0.25, -0.2) is 8.42 Å². The molecular weight excluding hydrogens is 538 g/mol. The third kappa shape index (κ3) is 5.95. The highest BCUT2D eigenvalue weighted by Gasteiger charge is 2.30. The van der Waals surface area contributed by atoms with Gasteiger partial charge in [0.2, 0.25) is 10.0 Å². The molecule has 1 aliphatic rings. The molecule has 0 aliphatic carbocycles. The Morgan fingerprint density at radius 2 is 1.56 bits per heavy atom. The summed E-state index contributed by atoms with van der Waals surface area (Å²) < 4.78 is 33.0. The van der Waals surface area contributed by atoms with Crippen molar-refractivity contribution >= 4 is 44.3 Å². The van der Waals surface area contributed by atoms with Gasteiger partial charge in [0, 0.05) is 49.9 Å². The maximum Gasteiger partial charge on any atom is 0.303 e. The monoisotopic (exact) mass is 563 g/mol. The van der Waals surface area contributed by atoms with Gasteiger partial charge >= 0.3 is 5.97 Å². The highest BCUT2D eigenvalue weighted by Crippen LogP contribution is 2.26. The van der Waals surface area contributed by atoms with E-state index in [0.29, 0.717) is 29.4 Å². The average Bonchev–Trinajstić information content (AvgIpc) is 2.95. The fraction of sp³-hybridized carbons (Fsp3) is 0.207. The number of carbonyl (C=O) groups is 2. The minimum absolute atomic E-state index is 0.0944. The summed E-state index contributed by atoms with van der Waals surface area (Å²) >= 11 is 6.04. The zero-order valence-electron chi connectivity index (χ0n) is 21.2. The van der Waals surface area contributed by atoms with E-state index < -0.39 is 10.0 Å². The fourth-order valence-corrected chi connectivity index (χ4v) is 6.17. The standard InChI is InChI=1S/C29H26ClN3O5S/c1-20(34)38-19-27-17-25(10-11-31-27)21-2-4-22(5-3-21)29(35)32-12-14-33(15-13-32)39(36,37)28-9-7-23-16-26(30)8-6-24(23)18-28/h2-11,16-18H,12-15,19H2,1H3. The van der Waals surface area contributed by atoms with Gasteiger partial charge in [0.05, 0.1) is 10.6 Å². The smallest absolute Gasteiger partial charge is 0.303 e. The highest BCUT2D eigenvalue weighted by molar-refractivity contribution is 7.89. The van der Waals surface area contributed by atoms with Crippen LogP contribution in [-0.4, -0.2) is 60.7 Å². The number of hydrogen-bond acceptors (Lipinski definition) is 6. The summed E-state index contributed by atoms with van der Waals surface area (Å²) in [5, 5.41) is 2.26. The van der Waals surface area contributed by atoms with Crippen LogP contribution < -0.4 is 0 Å². The van der Waals surface area contributed by atoms with Crippen molar-refractivity contribution in [1.82, 2.24) is 14.2 Å². The number of fused-ring (bicyclic) bond motifs is 1. The maximum atomic E-state index is 13.3. The molecule has 0 spiro atoms. The summed E-state index contributed by atoms with van der Waals surface area (Å²) in [4.78, 5) is 30.3. The number of carbonyl (C=O) groups excluding carboxylic acids is 2. The predicted molar refractivity (Wildman–Crippen MR) is 149 cm³/mol. The number of esters is 1. The topological polar surface area (TPSA) is 96.9 Å². The van der Waals surface area contributed by atoms with Crippen LogP contribution in [0.15, 0.2) is 83.9 Å². The molecule has 0 radical (unpaired) electrons. The minimum atomic E-state index is -3.70. The van der Waals surface area contributed by atoms with Crippen LogP contribution in [0, 0.1) is 0 Å². The molecule has 2 heterocycles. The van der Waals surface area contributed by atoms with Gasteiger partial charge < -0.3 is 9.64 Å². The molecule has 5 rings (SSSR count). The van der Waals surface area contributed by atoms with E-state index in [2.05, 4.69) is 4.98 Å². The molecule has 200 valence electrons. The molecule has 0 bridgehead atoms. The Morgan fingerprint density at radius 3 is 2.28 bits per heavy atom. The number of ether oxygens (including phenoxy) is 1. The Bertz CT molecular complexity index is 1650. The Balaban J connectivity index is 1.23. The lowest BCUT2D eigenvalue weighted by Gasteiger charge is -2.34. The lowest BCUT2D eigenvalue weighted by Crippen LogP contribution is -2.50. The third-order valence-corrected chi connectivity index (χ3v) is 8.77. The van der Waals surface area contributed by atoms with Crippen molar-refractivity contribution in [1.29, 1.82) is 0 Å². The second-order valence-corrected chi connectivity index (χ2v) is 11.6. The Morgan fingerprint density at radius 1 is 0.872 bits per heavy atom. The van der Waals surface area contributed by atoms with Gasteiger partial charge in [-0.3, -0.25) is 14.6 Å². The zero-order valence-corrected chi connectivity index (χ0v) is 22.8. The number of sulfonamides is 1. The summed E-state index contributed by atoms with van der Waals surface area (Å²) in [6, 6.07) is 21.2. The zero-order chi connectivity index (χ0) is 27.6. The fourth-order valence-electron chi connectivity index (χ4n) is 4.54. The number of halogens is 1. The molecule has 4 aromatic rings. The summed E-state index contributed by atoms with van der Waals surface area (Å²) in [7, 11) is -3.70. The first-order valence-corrected chi connectivity index (χ1v) is 14.2. The molecule has 8 nitrogen and oxygen atoms in total. The van der Waals surface area contributed by atoms with E-state index in [1.165, 1.54) is 11.2 Å². The quantitative estimate of drug-likeness (QED) is 0.314. The van der Waals surface area contributed by atoms with E-state index in [-0.39, 0.29) is 36.5 Å². The molecule has 3 aromatic carbocycles. The number of benzene rings is 3. The van der Waals surface area contributed by atoms with E-state index in [1.807, 2.05) is 24.3 Å². The third-order valence-electron chi connectivity index (χ3n) is 6.64. The average molecular weight is 564 g/mol. The van der Waals surface area contributed by atoms with Crippen molar-refractivity contribution in [3.05, 3.63) is 95.3 Å². The number of rotatable bonds is 6. The van der Waals surface area contributed by atoms with Crippen LogP contribution in [0.3, 0.4) is 0 Å². The first-order chi connectivity index (χ1) is 18.7. The molecule has 1 aliphatic heterocycles. The number of hydrogen-bond donors (Lipinski definition) is 0. The van der Waals surface area contributed by atoms with E-state index in [0.717, 1.165) is 21.9 Å². The normalized spacial score (nSPS) is 14.4. The number of amides is 1. The first kappa shape index (κ1) is 26.8. The van der Waals surface area contributed by atoms with E-state index in [9.17, 15) is 18.0 Å². The van der Waals surface area contributed by atoms with E-state index in [1.54, 1.807) is 59.6 Å². The molecule has 39 heavy (non-hydrogen) atoms. The van der Waals surface area contributed by atoms with Crippen LogP contribution in [0.5, 0.6) is 0 Å². The maximum absolute atomic E-state index is 13.3. The molecule has 0 N–H and O–H groups in total. The van der Waals surface area contributed by atoms with Gasteiger partial charge in [0.25, 0.3) is 5.91 Å². The summed E-state index contributed by atoms with van der Waals surface area (Å²) in [6.07, 6.45) is 1.65. The van der Waals surface area contributed by atoms with Gasteiger partial charge in [0.15, 0.2) is 0 Å². The van der Waals surface area contributed by atoms with Gasteiger partial charge in [-0.1, -0.05) is 35.9 Å². The summed E-state index contributed by atoms with van der Waals surface area (Å²) in [6.45, 7) is 2.47. The molecular formula is C29H26ClN3O5S. The summed E-state index contributed by atoms with van der Waals surface area (Å²) in [5.41, 5.74) is 2.94. The summed E-state index contributed by atoms with van der Waals surface area (Å²) in [5.74, 6) is -0.519. The predicted octanol–water partition coefficient (Wildman–Crippen LogP) is 4.77. The molecule has 0 saturated carbocycles. The minimum Gasteiger partial charge on any atom is -0.459 e. The Kier molecular flexibility index (Phi) is 7.65. The van der Waals surface area contributed by atoms with Crippen molar-refractivity contribution in [3.63, 3.8) is 0 Å². The molecule has 1 amide bonds. The van der Waals surface area contributed by atoms with Crippen LogP contribution in [0.2, 0.25) is 5.02 Å². The van der Waals surface area contributed by atoms with Crippen LogP contribution in [0.25, 0.3) is 21.9 Å². The molecule has 0 atom stereocenters. The van der Waals surface area contributed by atoms with Crippen LogP contribution >= 0.6 is 11.6 Å². The van der Waals surface area contributed by atoms with E-state index in [4.69, 9.17) is 16.3 Å². The number of pyridine rings is 1. The second kappa shape index (κ2) is 11.1. The molecule has 1 saturated heterocycles. The van der Waals surface area contributed by atoms with Crippen molar-refractivity contribution in [2.75, 3.05) is 26.2 Å². The number of nitrogens with zero attached hydrogens (tertiary/aromatic N) is 3. The SMILES string of the molecule is CC(=O)OCc1cc(-c2ccc(C(=O)N3CCN(S(=O)(=O)c4ccc5cc(Cl)ccc5c4)CC3)cc2)ccn1. The van der Waals surface area contributed by atoms with Gasteiger partial charge in [0.1, 0.15) is 6.61 Å².